The number of nitrogens with one attached hydrogen (secondary N) is 1. The van der Waals surface area contributed by atoms with Crippen molar-refractivity contribution in [1.82, 2.24) is 10.3 Å². The molecule has 1 aliphatic heterocycles. The zero-order chi connectivity index (χ0) is 15.1. The van der Waals surface area contributed by atoms with Crippen molar-refractivity contribution in [2.24, 2.45) is 0 Å². The van der Waals surface area contributed by atoms with Gasteiger partial charge in [0.05, 0.1) is 6.10 Å². The lowest BCUT2D eigenvalue weighted by atomic mass is 10.0. The number of carbonyl (C=O) groups excluding carboxylic acids is 1. The van der Waals surface area contributed by atoms with Gasteiger partial charge in [-0.1, -0.05) is 0 Å². The minimum absolute atomic E-state index is 0.127. The number of pyridine rings is 1. The van der Waals surface area contributed by atoms with Crippen LogP contribution in [0.3, 0.4) is 0 Å². The fourth-order valence-corrected chi connectivity index (χ4v) is 2.36. The van der Waals surface area contributed by atoms with Gasteiger partial charge in [0.25, 0.3) is 5.91 Å². The minimum atomic E-state index is -1.14. The van der Waals surface area contributed by atoms with Crippen LogP contribution in [0.5, 0.6) is 0 Å². The molecule has 1 unspecified atom stereocenters. The molecule has 2 rings (SSSR count). The minimum Gasteiger partial charge on any atom is -0.477 e. The third-order valence-electron chi connectivity index (χ3n) is 3.50. The second-order valence-electron chi connectivity index (χ2n) is 5.12. The largest absolute Gasteiger partial charge is 0.477 e. The van der Waals surface area contributed by atoms with Crippen molar-refractivity contribution in [1.29, 1.82) is 0 Å². The molecule has 0 aliphatic carbocycles. The molecule has 114 valence electrons. The van der Waals surface area contributed by atoms with Crippen molar-refractivity contribution in [2.45, 2.75) is 38.2 Å². The lowest BCUT2D eigenvalue weighted by molar-refractivity contribution is 0.0102. The van der Waals surface area contributed by atoms with Crippen molar-refractivity contribution in [2.75, 3.05) is 13.2 Å². The van der Waals surface area contributed by atoms with E-state index in [1.54, 1.807) is 0 Å². The highest BCUT2D eigenvalue weighted by Gasteiger charge is 2.14. The first kappa shape index (κ1) is 15.4. The van der Waals surface area contributed by atoms with Gasteiger partial charge in [-0.15, -0.1) is 0 Å². The quantitative estimate of drug-likeness (QED) is 0.781. The number of hydrogen-bond acceptors (Lipinski definition) is 4. The van der Waals surface area contributed by atoms with E-state index in [1.165, 1.54) is 24.8 Å². The molecule has 0 radical (unpaired) electrons. The Hall–Kier alpha value is -1.95. The lowest BCUT2D eigenvalue weighted by Gasteiger charge is -2.22. The maximum atomic E-state index is 11.9. The van der Waals surface area contributed by atoms with Gasteiger partial charge in [-0.05, 0) is 44.2 Å². The van der Waals surface area contributed by atoms with Crippen LogP contribution in [0.2, 0.25) is 0 Å². The highest BCUT2D eigenvalue weighted by Crippen LogP contribution is 2.16. The molecule has 21 heavy (non-hydrogen) atoms. The first-order valence-electron chi connectivity index (χ1n) is 7.26. The molecule has 0 aromatic carbocycles. The van der Waals surface area contributed by atoms with Gasteiger partial charge in [0, 0.05) is 24.9 Å². The van der Waals surface area contributed by atoms with Gasteiger partial charge in [0.1, 0.15) is 5.69 Å². The molecular formula is C15H20N2O4. The van der Waals surface area contributed by atoms with Gasteiger partial charge in [-0.2, -0.15) is 0 Å². The highest BCUT2D eigenvalue weighted by atomic mass is 16.5. The van der Waals surface area contributed by atoms with Crippen LogP contribution in [0.1, 0.15) is 53.0 Å². The maximum absolute atomic E-state index is 11.9. The van der Waals surface area contributed by atoms with Crippen molar-refractivity contribution in [3.05, 3.63) is 29.6 Å². The monoisotopic (exact) mass is 292 g/mol. The Morgan fingerprint density at radius 2 is 2.29 bits per heavy atom. The SMILES string of the molecule is O=C(NCCCC1CCCCO1)c1ccnc(C(=O)O)c1. The van der Waals surface area contributed by atoms with Crippen LogP contribution < -0.4 is 5.32 Å². The van der Waals surface area contributed by atoms with Crippen molar-refractivity contribution < 1.29 is 19.4 Å². The van der Waals surface area contributed by atoms with E-state index in [0.29, 0.717) is 18.2 Å². The van der Waals surface area contributed by atoms with Crippen LogP contribution in [0, 0.1) is 0 Å². The fraction of sp³-hybridized carbons (Fsp3) is 0.533. The molecule has 1 amide bonds. The average Bonchev–Trinajstić information content (AvgIpc) is 2.52. The number of hydrogen-bond donors (Lipinski definition) is 2. The van der Waals surface area contributed by atoms with Gasteiger partial charge >= 0.3 is 5.97 Å². The molecule has 0 spiro atoms. The van der Waals surface area contributed by atoms with E-state index in [2.05, 4.69) is 10.3 Å². The van der Waals surface area contributed by atoms with Crippen LogP contribution in [0.25, 0.3) is 0 Å². The first-order chi connectivity index (χ1) is 10.2. The van der Waals surface area contributed by atoms with Crippen molar-refractivity contribution >= 4 is 11.9 Å². The normalized spacial score (nSPS) is 18.2. The number of amides is 1. The summed E-state index contributed by atoms with van der Waals surface area (Å²) >= 11 is 0. The number of ether oxygens (including phenoxy) is 1. The standard InChI is InChI=1S/C15H20N2O4/c18-14(11-6-8-16-13(10-11)15(19)20)17-7-3-5-12-4-1-2-9-21-12/h6,8,10,12H,1-5,7,9H2,(H,17,18)(H,19,20). The number of carbonyl (C=O) groups is 2. The summed E-state index contributed by atoms with van der Waals surface area (Å²) in [6.07, 6.45) is 6.89. The second kappa shape index (κ2) is 7.73. The molecular weight excluding hydrogens is 272 g/mol. The molecule has 1 aromatic rings. The molecule has 2 heterocycles. The summed E-state index contributed by atoms with van der Waals surface area (Å²) in [6.45, 7) is 1.40. The maximum Gasteiger partial charge on any atom is 0.354 e. The molecule has 0 saturated carbocycles. The predicted octanol–water partition coefficient (Wildman–Crippen LogP) is 1.86. The summed E-state index contributed by atoms with van der Waals surface area (Å²) < 4.78 is 5.63. The summed E-state index contributed by atoms with van der Waals surface area (Å²) in [6, 6.07) is 2.79. The van der Waals surface area contributed by atoms with Crippen LogP contribution in [-0.2, 0) is 4.74 Å². The Kier molecular flexibility index (Phi) is 5.68. The van der Waals surface area contributed by atoms with Gasteiger partial charge in [0.15, 0.2) is 0 Å². The van der Waals surface area contributed by atoms with E-state index in [1.807, 2.05) is 0 Å². The van der Waals surface area contributed by atoms with Gasteiger partial charge in [-0.3, -0.25) is 4.79 Å². The van der Waals surface area contributed by atoms with E-state index in [4.69, 9.17) is 9.84 Å². The van der Waals surface area contributed by atoms with Crippen molar-refractivity contribution in [3.63, 3.8) is 0 Å². The van der Waals surface area contributed by atoms with E-state index in [0.717, 1.165) is 32.3 Å². The Bertz CT molecular complexity index is 498. The van der Waals surface area contributed by atoms with Gasteiger partial charge in [-0.25, -0.2) is 9.78 Å². The number of rotatable bonds is 6. The number of nitrogens with zero attached hydrogens (tertiary/aromatic N) is 1. The fourth-order valence-electron chi connectivity index (χ4n) is 2.36. The van der Waals surface area contributed by atoms with Crippen LogP contribution in [0.4, 0.5) is 0 Å². The number of aromatic nitrogens is 1. The third-order valence-corrected chi connectivity index (χ3v) is 3.50. The molecule has 6 nitrogen and oxygen atoms in total. The molecule has 6 heteroatoms. The summed E-state index contributed by atoms with van der Waals surface area (Å²) in [4.78, 5) is 26.4. The topological polar surface area (TPSA) is 88.5 Å². The molecule has 1 fully saturated rings. The van der Waals surface area contributed by atoms with Gasteiger partial charge in [0.2, 0.25) is 0 Å². The predicted molar refractivity (Wildman–Crippen MR) is 76.4 cm³/mol. The average molecular weight is 292 g/mol. The van der Waals surface area contributed by atoms with E-state index in [9.17, 15) is 9.59 Å². The van der Waals surface area contributed by atoms with E-state index < -0.39 is 5.97 Å². The van der Waals surface area contributed by atoms with E-state index >= 15 is 0 Å². The summed E-state index contributed by atoms with van der Waals surface area (Å²) in [7, 11) is 0. The zero-order valence-corrected chi connectivity index (χ0v) is 11.9. The number of carboxylic acid groups (broad SMARTS) is 1. The molecule has 2 N–H and O–H groups in total. The summed E-state index contributed by atoms with van der Waals surface area (Å²) in [5.41, 5.74) is 0.189. The van der Waals surface area contributed by atoms with Gasteiger partial charge < -0.3 is 15.2 Å². The third kappa shape index (κ3) is 4.82. The summed E-state index contributed by atoms with van der Waals surface area (Å²) in [5.74, 6) is -1.41. The zero-order valence-electron chi connectivity index (χ0n) is 11.9. The number of carboxylic acids is 1. The molecule has 1 atom stereocenters. The Morgan fingerprint density at radius 3 is 3.00 bits per heavy atom. The van der Waals surface area contributed by atoms with E-state index in [-0.39, 0.29) is 11.6 Å². The first-order valence-corrected chi connectivity index (χ1v) is 7.26. The molecule has 0 bridgehead atoms. The van der Waals surface area contributed by atoms with Crippen LogP contribution >= 0.6 is 0 Å². The van der Waals surface area contributed by atoms with Crippen molar-refractivity contribution in [3.8, 4) is 0 Å². The second-order valence-corrected chi connectivity index (χ2v) is 5.12. The molecule has 1 aromatic heterocycles. The molecule has 1 saturated heterocycles. The van der Waals surface area contributed by atoms with Crippen LogP contribution in [-0.4, -0.2) is 41.2 Å². The lowest BCUT2D eigenvalue weighted by Crippen LogP contribution is -2.26. The van der Waals surface area contributed by atoms with Crippen LogP contribution in [0.15, 0.2) is 18.3 Å². The molecule has 1 aliphatic rings. The Labute approximate surface area is 123 Å². The highest BCUT2D eigenvalue weighted by molar-refractivity contribution is 5.96. The number of aromatic carboxylic acids is 1. The Morgan fingerprint density at radius 1 is 1.43 bits per heavy atom. The Balaban J connectivity index is 1.74. The smallest absolute Gasteiger partial charge is 0.354 e. The summed E-state index contributed by atoms with van der Waals surface area (Å²) in [5, 5.41) is 11.6.